The first-order valence-corrected chi connectivity index (χ1v) is 7.23. The van der Waals surface area contributed by atoms with E-state index in [0.717, 1.165) is 13.0 Å². The van der Waals surface area contributed by atoms with Crippen molar-refractivity contribution in [3.8, 4) is 0 Å². The second kappa shape index (κ2) is 8.37. The largest absolute Gasteiger partial charge is 0.378 e. The van der Waals surface area contributed by atoms with Crippen molar-refractivity contribution in [3.63, 3.8) is 0 Å². The Bertz CT molecular complexity index is 453. The minimum atomic E-state index is -0.217. The lowest BCUT2D eigenvalue weighted by Gasteiger charge is -2.25. The molecule has 1 fully saturated rings. The quantitative estimate of drug-likeness (QED) is 0.891. The molecule has 1 aliphatic heterocycles. The standard InChI is InChI=1S/C16H24N2O2.ClH/c1-11-6-12(2)8-14(7-11)9-13(3)18-16(19)15-10-20-5-4-17-15;/h6-8,13,15,17H,4-5,9-10H2,1-3H3,(H,18,19);1H. The maximum atomic E-state index is 12.1. The molecule has 0 aromatic heterocycles. The van der Waals surface area contributed by atoms with Crippen LogP contribution < -0.4 is 10.6 Å². The van der Waals surface area contributed by atoms with Gasteiger partial charge in [-0.15, -0.1) is 12.4 Å². The lowest BCUT2D eigenvalue weighted by molar-refractivity contribution is -0.126. The molecular formula is C16H25ClN2O2. The van der Waals surface area contributed by atoms with Crippen molar-refractivity contribution >= 4 is 18.3 Å². The lowest BCUT2D eigenvalue weighted by atomic mass is 10.0. The second-order valence-electron chi connectivity index (χ2n) is 5.69. The zero-order chi connectivity index (χ0) is 14.5. The molecule has 21 heavy (non-hydrogen) atoms. The smallest absolute Gasteiger partial charge is 0.239 e. The van der Waals surface area contributed by atoms with Crippen LogP contribution in [-0.4, -0.2) is 37.7 Å². The zero-order valence-electron chi connectivity index (χ0n) is 12.9. The normalized spacial score (nSPS) is 19.5. The molecule has 0 spiro atoms. The molecule has 1 aliphatic rings. The summed E-state index contributed by atoms with van der Waals surface area (Å²) in [6, 6.07) is 6.42. The Hall–Kier alpha value is -1.10. The molecule has 0 bridgehead atoms. The number of hydrogen-bond donors (Lipinski definition) is 2. The third kappa shape index (κ3) is 5.65. The van der Waals surface area contributed by atoms with Crippen molar-refractivity contribution in [2.75, 3.05) is 19.8 Å². The second-order valence-corrected chi connectivity index (χ2v) is 5.69. The van der Waals surface area contributed by atoms with E-state index in [9.17, 15) is 4.79 Å². The van der Waals surface area contributed by atoms with Gasteiger partial charge < -0.3 is 15.4 Å². The molecule has 2 rings (SSSR count). The summed E-state index contributed by atoms with van der Waals surface area (Å²) in [4.78, 5) is 12.1. The van der Waals surface area contributed by atoms with Crippen molar-refractivity contribution in [2.24, 2.45) is 0 Å². The van der Waals surface area contributed by atoms with Gasteiger partial charge in [0.05, 0.1) is 13.2 Å². The topological polar surface area (TPSA) is 50.4 Å². The monoisotopic (exact) mass is 312 g/mol. The fourth-order valence-electron chi connectivity index (χ4n) is 2.67. The van der Waals surface area contributed by atoms with E-state index in [1.807, 2.05) is 6.92 Å². The van der Waals surface area contributed by atoms with Crippen LogP contribution in [0.4, 0.5) is 0 Å². The Morgan fingerprint density at radius 3 is 2.62 bits per heavy atom. The molecule has 0 radical (unpaired) electrons. The third-order valence-electron chi connectivity index (χ3n) is 3.45. The van der Waals surface area contributed by atoms with Gasteiger partial charge in [0.25, 0.3) is 0 Å². The van der Waals surface area contributed by atoms with E-state index in [0.29, 0.717) is 13.2 Å². The summed E-state index contributed by atoms with van der Waals surface area (Å²) in [6.45, 7) is 8.12. The van der Waals surface area contributed by atoms with Gasteiger partial charge >= 0.3 is 0 Å². The zero-order valence-corrected chi connectivity index (χ0v) is 13.8. The minimum Gasteiger partial charge on any atom is -0.378 e. The Kier molecular flexibility index (Phi) is 7.15. The maximum absolute atomic E-state index is 12.1. The minimum absolute atomic E-state index is 0. The van der Waals surface area contributed by atoms with Crippen molar-refractivity contribution in [3.05, 3.63) is 34.9 Å². The molecule has 4 nitrogen and oxygen atoms in total. The molecular weight excluding hydrogens is 288 g/mol. The van der Waals surface area contributed by atoms with E-state index in [1.54, 1.807) is 0 Å². The van der Waals surface area contributed by atoms with Gasteiger partial charge in [0.15, 0.2) is 0 Å². The van der Waals surface area contributed by atoms with Crippen molar-refractivity contribution in [2.45, 2.75) is 39.3 Å². The van der Waals surface area contributed by atoms with Crippen LogP contribution >= 0.6 is 12.4 Å². The summed E-state index contributed by atoms with van der Waals surface area (Å²) in [7, 11) is 0. The fraction of sp³-hybridized carbons (Fsp3) is 0.562. The highest BCUT2D eigenvalue weighted by Crippen LogP contribution is 2.11. The highest BCUT2D eigenvalue weighted by Gasteiger charge is 2.22. The fourth-order valence-corrected chi connectivity index (χ4v) is 2.67. The summed E-state index contributed by atoms with van der Waals surface area (Å²) in [5, 5.41) is 6.22. The first-order chi connectivity index (χ1) is 9.54. The van der Waals surface area contributed by atoms with Gasteiger partial charge in [-0.05, 0) is 32.8 Å². The predicted octanol–water partition coefficient (Wildman–Crippen LogP) is 1.76. The first kappa shape index (κ1) is 18.0. The lowest BCUT2D eigenvalue weighted by Crippen LogP contribution is -2.53. The van der Waals surface area contributed by atoms with E-state index in [1.165, 1.54) is 16.7 Å². The van der Waals surface area contributed by atoms with Crippen LogP contribution in [0.15, 0.2) is 18.2 Å². The van der Waals surface area contributed by atoms with Gasteiger partial charge in [-0.2, -0.15) is 0 Å². The summed E-state index contributed by atoms with van der Waals surface area (Å²) in [5.41, 5.74) is 3.80. The Morgan fingerprint density at radius 2 is 2.05 bits per heavy atom. The molecule has 1 saturated heterocycles. The van der Waals surface area contributed by atoms with Gasteiger partial charge in [0.1, 0.15) is 6.04 Å². The number of carbonyl (C=O) groups is 1. The van der Waals surface area contributed by atoms with Crippen LogP contribution in [0, 0.1) is 13.8 Å². The predicted molar refractivity (Wildman–Crippen MR) is 87.1 cm³/mol. The van der Waals surface area contributed by atoms with Crippen molar-refractivity contribution in [1.29, 1.82) is 0 Å². The SMILES string of the molecule is Cc1cc(C)cc(CC(C)NC(=O)C2COCCN2)c1.Cl. The summed E-state index contributed by atoms with van der Waals surface area (Å²) < 4.78 is 5.31. The Morgan fingerprint density at radius 1 is 1.38 bits per heavy atom. The number of ether oxygens (including phenoxy) is 1. The number of aryl methyl sites for hydroxylation is 2. The maximum Gasteiger partial charge on any atom is 0.239 e. The van der Waals surface area contributed by atoms with Gasteiger partial charge in [-0.3, -0.25) is 4.79 Å². The van der Waals surface area contributed by atoms with Gasteiger partial charge in [-0.1, -0.05) is 29.3 Å². The Labute approximate surface area is 133 Å². The van der Waals surface area contributed by atoms with Crippen LogP contribution in [-0.2, 0) is 16.0 Å². The molecule has 118 valence electrons. The number of nitrogens with one attached hydrogen (secondary N) is 2. The number of morpholine rings is 1. The molecule has 1 amide bonds. The van der Waals surface area contributed by atoms with E-state index in [4.69, 9.17) is 4.74 Å². The third-order valence-corrected chi connectivity index (χ3v) is 3.45. The van der Waals surface area contributed by atoms with Crippen LogP contribution in [0.25, 0.3) is 0 Å². The molecule has 0 saturated carbocycles. The molecule has 0 aliphatic carbocycles. The first-order valence-electron chi connectivity index (χ1n) is 7.23. The van der Waals surface area contributed by atoms with Crippen LogP contribution in [0.3, 0.4) is 0 Å². The number of amides is 1. The van der Waals surface area contributed by atoms with Crippen molar-refractivity contribution in [1.82, 2.24) is 10.6 Å². The Balaban J connectivity index is 0.00000220. The van der Waals surface area contributed by atoms with Gasteiger partial charge in [-0.25, -0.2) is 0 Å². The van der Waals surface area contributed by atoms with E-state index in [2.05, 4.69) is 42.7 Å². The molecule has 2 N–H and O–H groups in total. The molecule has 1 aromatic rings. The average molecular weight is 313 g/mol. The molecule has 1 heterocycles. The number of rotatable bonds is 4. The number of carbonyl (C=O) groups excluding carboxylic acids is 1. The molecule has 1 aromatic carbocycles. The van der Waals surface area contributed by atoms with Gasteiger partial charge in [0.2, 0.25) is 5.91 Å². The van der Waals surface area contributed by atoms with Crippen LogP contribution in [0.2, 0.25) is 0 Å². The summed E-state index contributed by atoms with van der Waals surface area (Å²) >= 11 is 0. The molecule has 2 atom stereocenters. The van der Waals surface area contributed by atoms with Crippen LogP contribution in [0.1, 0.15) is 23.6 Å². The van der Waals surface area contributed by atoms with Gasteiger partial charge in [0, 0.05) is 12.6 Å². The van der Waals surface area contributed by atoms with E-state index >= 15 is 0 Å². The summed E-state index contributed by atoms with van der Waals surface area (Å²) in [6.07, 6.45) is 0.849. The van der Waals surface area contributed by atoms with Crippen molar-refractivity contribution < 1.29 is 9.53 Å². The summed E-state index contributed by atoms with van der Waals surface area (Å²) in [5.74, 6) is 0.0292. The number of hydrogen-bond acceptors (Lipinski definition) is 3. The average Bonchev–Trinajstić information content (AvgIpc) is 2.38. The van der Waals surface area contributed by atoms with Crippen LogP contribution in [0.5, 0.6) is 0 Å². The molecule has 5 heteroatoms. The number of benzene rings is 1. The van der Waals surface area contributed by atoms with E-state index in [-0.39, 0.29) is 30.4 Å². The highest BCUT2D eigenvalue weighted by atomic mass is 35.5. The highest BCUT2D eigenvalue weighted by molar-refractivity contribution is 5.85. The molecule has 2 unspecified atom stereocenters. The number of halogens is 1. The van der Waals surface area contributed by atoms with E-state index < -0.39 is 0 Å².